The monoisotopic (exact) mass is 319 g/mol. The predicted octanol–water partition coefficient (Wildman–Crippen LogP) is 1.42. The number of nitrogens with zero attached hydrogens (tertiary/aromatic N) is 3. The summed E-state index contributed by atoms with van der Waals surface area (Å²) in [6.07, 6.45) is 1.37. The molecule has 1 atom stereocenters. The lowest BCUT2D eigenvalue weighted by atomic mass is 9.78. The topological polar surface area (TPSA) is 137 Å². The molecule has 0 radical (unpaired) electrons. The number of carboxylic acids is 1. The van der Waals surface area contributed by atoms with E-state index in [0.29, 0.717) is 5.69 Å². The van der Waals surface area contributed by atoms with Gasteiger partial charge in [0.05, 0.1) is 30.4 Å². The summed E-state index contributed by atoms with van der Waals surface area (Å²) in [5, 5.41) is 27.4. The lowest BCUT2D eigenvalue weighted by Crippen LogP contribution is -2.39. The third-order valence-electron chi connectivity index (χ3n) is 3.64. The molecule has 1 N–H and O–H groups in total. The molecule has 23 heavy (non-hydrogen) atoms. The number of hydrogen-bond donors (Lipinski definition) is 1. The zero-order valence-corrected chi connectivity index (χ0v) is 13.3. The molecule has 1 rings (SSSR count). The molecule has 8 heteroatoms. The molecule has 0 saturated carbocycles. The van der Waals surface area contributed by atoms with Crippen LogP contribution in [0.2, 0.25) is 0 Å². The van der Waals surface area contributed by atoms with Crippen molar-refractivity contribution in [2.75, 3.05) is 7.11 Å². The van der Waals surface area contributed by atoms with Gasteiger partial charge in [0.15, 0.2) is 11.3 Å². The Morgan fingerprint density at radius 3 is 2.39 bits per heavy atom. The first-order valence-electron chi connectivity index (χ1n) is 6.69. The van der Waals surface area contributed by atoms with Crippen LogP contribution in [0.25, 0.3) is 0 Å². The second-order valence-electron chi connectivity index (χ2n) is 5.89. The van der Waals surface area contributed by atoms with E-state index in [1.165, 1.54) is 20.3 Å². The van der Waals surface area contributed by atoms with Crippen LogP contribution >= 0.6 is 0 Å². The largest absolute Gasteiger partial charge is 0.480 e. The van der Waals surface area contributed by atoms with Crippen LogP contribution in [0.4, 0.5) is 0 Å². The van der Waals surface area contributed by atoms with Crippen LogP contribution in [0, 0.1) is 34.0 Å². The summed E-state index contributed by atoms with van der Waals surface area (Å²) in [6.45, 7) is 4.50. The lowest BCUT2D eigenvalue weighted by molar-refractivity contribution is -0.150. The van der Waals surface area contributed by atoms with Crippen LogP contribution in [0.3, 0.4) is 0 Å². The van der Waals surface area contributed by atoms with E-state index in [0.717, 1.165) is 0 Å². The molecule has 8 nitrogen and oxygen atoms in total. The van der Waals surface area contributed by atoms with E-state index < -0.39 is 28.7 Å². The molecule has 0 aliphatic heterocycles. The van der Waals surface area contributed by atoms with E-state index in [1.807, 2.05) is 0 Å². The van der Waals surface area contributed by atoms with Gasteiger partial charge in [-0.2, -0.15) is 10.5 Å². The Hall–Kier alpha value is -2.87. The van der Waals surface area contributed by atoms with Crippen molar-refractivity contribution in [3.8, 4) is 12.1 Å². The number of carbonyl (C=O) groups is 2. The van der Waals surface area contributed by atoms with Crippen molar-refractivity contribution in [3.63, 3.8) is 0 Å². The van der Waals surface area contributed by atoms with Crippen molar-refractivity contribution in [3.05, 3.63) is 17.8 Å². The Kier molecular flexibility index (Phi) is 5.13. The molecule has 122 valence electrons. The maximum Gasteiger partial charge on any atom is 0.321 e. The average molecular weight is 319 g/mol. The molecule has 1 aromatic heterocycles. The molecule has 0 bridgehead atoms. The van der Waals surface area contributed by atoms with E-state index in [1.54, 1.807) is 26.0 Å². The number of esters is 1. The third-order valence-corrected chi connectivity index (χ3v) is 3.64. The van der Waals surface area contributed by atoms with Gasteiger partial charge in [-0.25, -0.2) is 4.98 Å². The summed E-state index contributed by atoms with van der Waals surface area (Å²) in [5.41, 5.74) is -2.46. The molecule has 0 spiro atoms. The Balaban J connectivity index is 3.21. The van der Waals surface area contributed by atoms with Gasteiger partial charge in [0.2, 0.25) is 5.89 Å². The lowest BCUT2D eigenvalue weighted by Gasteiger charge is -2.21. The van der Waals surface area contributed by atoms with E-state index in [4.69, 9.17) is 19.7 Å². The fourth-order valence-electron chi connectivity index (χ4n) is 2.05. The normalized spacial score (nSPS) is 13.7. The molecule has 0 fully saturated rings. The number of aliphatic carboxylic acids is 1. The highest BCUT2D eigenvalue weighted by atomic mass is 16.5. The fourth-order valence-corrected chi connectivity index (χ4v) is 2.05. The van der Waals surface area contributed by atoms with Crippen LogP contribution < -0.4 is 0 Å². The van der Waals surface area contributed by atoms with Gasteiger partial charge in [-0.1, -0.05) is 0 Å². The summed E-state index contributed by atoms with van der Waals surface area (Å²) in [6, 6.07) is 3.28. The number of rotatable bonds is 6. The van der Waals surface area contributed by atoms with E-state index >= 15 is 0 Å². The van der Waals surface area contributed by atoms with Gasteiger partial charge in [-0.3, -0.25) is 9.59 Å². The zero-order chi connectivity index (χ0) is 17.8. The highest BCUT2D eigenvalue weighted by molar-refractivity contribution is 5.81. The standard InChI is InChI=1S/C15H17N3O5/c1-14(2,13(21)22-4)5-10-8-23-11(18-10)15(3,12(19)20)9(6-16)7-17/h8-9H,5H2,1-4H3,(H,19,20). The number of hydrogen-bond acceptors (Lipinski definition) is 7. The van der Waals surface area contributed by atoms with Crippen molar-refractivity contribution < 1.29 is 23.8 Å². The molecule has 0 saturated heterocycles. The zero-order valence-electron chi connectivity index (χ0n) is 13.3. The van der Waals surface area contributed by atoms with Crippen molar-refractivity contribution in [2.24, 2.45) is 11.3 Å². The van der Waals surface area contributed by atoms with Crippen LogP contribution in [0.1, 0.15) is 32.4 Å². The number of carbonyl (C=O) groups excluding carboxylic acids is 1. The van der Waals surface area contributed by atoms with Gasteiger partial charge < -0.3 is 14.3 Å². The Bertz CT molecular complexity index is 681. The number of aromatic nitrogens is 1. The van der Waals surface area contributed by atoms with Crippen molar-refractivity contribution >= 4 is 11.9 Å². The molecule has 0 aromatic carbocycles. The molecule has 0 aliphatic carbocycles. The first-order chi connectivity index (χ1) is 10.6. The van der Waals surface area contributed by atoms with Crippen LogP contribution in [-0.2, 0) is 26.2 Å². The van der Waals surface area contributed by atoms with Gasteiger partial charge in [-0.15, -0.1) is 0 Å². The minimum atomic E-state index is -1.91. The number of methoxy groups -OCH3 is 1. The highest BCUT2D eigenvalue weighted by Gasteiger charge is 2.48. The van der Waals surface area contributed by atoms with Crippen molar-refractivity contribution in [1.82, 2.24) is 4.98 Å². The maximum absolute atomic E-state index is 11.7. The molecule has 1 unspecified atom stereocenters. The average Bonchev–Trinajstić information content (AvgIpc) is 2.95. The van der Waals surface area contributed by atoms with Gasteiger partial charge in [0.1, 0.15) is 6.26 Å². The number of ether oxygens (including phenoxy) is 1. The summed E-state index contributed by atoms with van der Waals surface area (Å²) in [5.74, 6) is -3.57. The smallest absolute Gasteiger partial charge is 0.321 e. The highest BCUT2D eigenvalue weighted by Crippen LogP contribution is 2.33. The maximum atomic E-state index is 11.7. The molecule has 1 heterocycles. The number of nitriles is 2. The molecule has 0 amide bonds. The van der Waals surface area contributed by atoms with Crippen molar-refractivity contribution in [1.29, 1.82) is 10.5 Å². The minimum absolute atomic E-state index is 0.155. The second-order valence-corrected chi connectivity index (χ2v) is 5.89. The van der Waals surface area contributed by atoms with Crippen LogP contribution in [0.15, 0.2) is 10.7 Å². The van der Waals surface area contributed by atoms with E-state index in [2.05, 4.69) is 4.98 Å². The van der Waals surface area contributed by atoms with Gasteiger partial charge in [0, 0.05) is 6.42 Å². The van der Waals surface area contributed by atoms with Gasteiger partial charge in [-0.05, 0) is 20.8 Å². The molecule has 1 aromatic rings. The minimum Gasteiger partial charge on any atom is -0.480 e. The Labute approximate surface area is 133 Å². The molecular weight excluding hydrogens is 302 g/mol. The van der Waals surface area contributed by atoms with Gasteiger partial charge in [0.25, 0.3) is 0 Å². The molecular formula is C15H17N3O5. The first kappa shape index (κ1) is 18.2. The Morgan fingerprint density at radius 1 is 1.39 bits per heavy atom. The quantitative estimate of drug-likeness (QED) is 0.777. The summed E-state index contributed by atoms with van der Waals surface area (Å²) < 4.78 is 9.88. The summed E-state index contributed by atoms with van der Waals surface area (Å²) in [4.78, 5) is 27.3. The summed E-state index contributed by atoms with van der Waals surface area (Å²) >= 11 is 0. The summed E-state index contributed by atoms with van der Waals surface area (Å²) in [7, 11) is 1.27. The van der Waals surface area contributed by atoms with E-state index in [-0.39, 0.29) is 12.3 Å². The number of carboxylic acid groups (broad SMARTS) is 1. The SMILES string of the molecule is COC(=O)C(C)(C)Cc1coc(C(C)(C(=O)O)C(C#N)C#N)n1. The van der Waals surface area contributed by atoms with Crippen LogP contribution in [0.5, 0.6) is 0 Å². The first-order valence-corrected chi connectivity index (χ1v) is 6.69. The molecule has 0 aliphatic rings. The second kappa shape index (κ2) is 6.49. The predicted molar refractivity (Wildman–Crippen MR) is 75.7 cm³/mol. The van der Waals surface area contributed by atoms with Gasteiger partial charge >= 0.3 is 11.9 Å². The fraction of sp³-hybridized carbons (Fsp3) is 0.533. The van der Waals surface area contributed by atoms with Crippen LogP contribution in [-0.4, -0.2) is 29.1 Å². The van der Waals surface area contributed by atoms with Crippen molar-refractivity contribution in [2.45, 2.75) is 32.6 Å². The van der Waals surface area contributed by atoms with E-state index in [9.17, 15) is 14.7 Å². The Morgan fingerprint density at radius 2 is 1.96 bits per heavy atom. The number of oxazole rings is 1. The third kappa shape index (κ3) is 3.32.